The quantitative estimate of drug-likeness (QED) is 0.500. The standard InChI is InChI=1S/C20H20FN5O4/c1-11(27)24-9-15-10-26(20(29)30-15)14-6-7-16(17(21)8-14)12-2-4-13(5-3-12)18(28)25-19(22)23/h2-8,15H,9-10H2,1H3,(H,24,27)(H4,22,23,25,28). The Morgan fingerprint density at radius 2 is 1.93 bits per heavy atom. The summed E-state index contributed by atoms with van der Waals surface area (Å²) in [6.45, 7) is 1.74. The molecule has 156 valence electrons. The molecule has 0 radical (unpaired) electrons. The van der Waals surface area contributed by atoms with Crippen molar-refractivity contribution in [3.8, 4) is 11.1 Å². The monoisotopic (exact) mass is 413 g/mol. The Morgan fingerprint density at radius 1 is 1.23 bits per heavy atom. The number of hydrogen-bond donors (Lipinski definition) is 3. The lowest BCUT2D eigenvalue weighted by Gasteiger charge is -2.14. The minimum Gasteiger partial charge on any atom is -0.442 e. The lowest BCUT2D eigenvalue weighted by atomic mass is 10.0. The van der Waals surface area contributed by atoms with Crippen molar-refractivity contribution in [1.29, 1.82) is 0 Å². The van der Waals surface area contributed by atoms with E-state index in [1.807, 2.05) is 0 Å². The van der Waals surface area contributed by atoms with E-state index in [2.05, 4.69) is 10.3 Å². The number of halogens is 1. The van der Waals surface area contributed by atoms with Gasteiger partial charge in [0.05, 0.1) is 18.8 Å². The van der Waals surface area contributed by atoms with Gasteiger partial charge >= 0.3 is 6.09 Å². The predicted molar refractivity (Wildman–Crippen MR) is 108 cm³/mol. The fourth-order valence-electron chi connectivity index (χ4n) is 2.98. The lowest BCUT2D eigenvalue weighted by molar-refractivity contribution is -0.119. The number of nitrogens with two attached hydrogens (primary N) is 2. The molecule has 3 amide bonds. The van der Waals surface area contributed by atoms with Crippen LogP contribution < -0.4 is 21.7 Å². The van der Waals surface area contributed by atoms with Gasteiger partial charge in [-0.2, -0.15) is 4.99 Å². The summed E-state index contributed by atoms with van der Waals surface area (Å²) in [6, 6.07) is 10.5. The van der Waals surface area contributed by atoms with Crippen molar-refractivity contribution in [2.75, 3.05) is 18.0 Å². The highest BCUT2D eigenvalue weighted by Gasteiger charge is 2.32. The first-order valence-electron chi connectivity index (χ1n) is 9.01. The van der Waals surface area contributed by atoms with E-state index in [4.69, 9.17) is 16.2 Å². The number of cyclic esters (lactones) is 1. The summed E-state index contributed by atoms with van der Waals surface area (Å²) < 4.78 is 19.9. The van der Waals surface area contributed by atoms with E-state index < -0.39 is 23.9 Å². The number of benzene rings is 2. The highest BCUT2D eigenvalue weighted by atomic mass is 19.1. The maximum absolute atomic E-state index is 14.7. The van der Waals surface area contributed by atoms with Crippen LogP contribution in [0.3, 0.4) is 0 Å². The van der Waals surface area contributed by atoms with E-state index in [1.54, 1.807) is 18.2 Å². The second-order valence-electron chi connectivity index (χ2n) is 6.64. The highest BCUT2D eigenvalue weighted by Crippen LogP contribution is 2.29. The fraction of sp³-hybridized carbons (Fsp3) is 0.200. The van der Waals surface area contributed by atoms with Crippen LogP contribution in [0.5, 0.6) is 0 Å². The van der Waals surface area contributed by atoms with Gasteiger partial charge in [0.2, 0.25) is 5.91 Å². The number of guanidine groups is 1. The molecule has 30 heavy (non-hydrogen) atoms. The molecule has 2 aromatic carbocycles. The van der Waals surface area contributed by atoms with E-state index in [-0.39, 0.29) is 30.5 Å². The van der Waals surface area contributed by atoms with Crippen LogP contribution in [-0.4, -0.2) is 43.1 Å². The van der Waals surface area contributed by atoms with Crippen LogP contribution in [0.25, 0.3) is 11.1 Å². The Hall–Kier alpha value is -3.95. The number of ether oxygens (including phenoxy) is 1. The first-order valence-corrected chi connectivity index (χ1v) is 9.01. The van der Waals surface area contributed by atoms with Crippen LogP contribution in [0.2, 0.25) is 0 Å². The van der Waals surface area contributed by atoms with Crippen molar-refractivity contribution in [3.63, 3.8) is 0 Å². The molecular formula is C20H20FN5O4. The van der Waals surface area contributed by atoms with Gasteiger partial charge < -0.3 is 21.5 Å². The molecule has 9 nitrogen and oxygen atoms in total. The SMILES string of the molecule is CC(=O)NCC1CN(c2ccc(-c3ccc(C(=O)N=C(N)N)cc3)c(F)c2)C(=O)O1. The zero-order valence-corrected chi connectivity index (χ0v) is 16.1. The average molecular weight is 413 g/mol. The van der Waals surface area contributed by atoms with Gasteiger partial charge in [-0.15, -0.1) is 0 Å². The van der Waals surface area contributed by atoms with Gasteiger partial charge in [-0.3, -0.25) is 14.5 Å². The van der Waals surface area contributed by atoms with Crippen molar-refractivity contribution in [2.45, 2.75) is 13.0 Å². The first-order chi connectivity index (χ1) is 14.2. The third kappa shape index (κ3) is 4.72. The number of nitrogens with zero attached hydrogens (tertiary/aromatic N) is 2. The van der Waals surface area contributed by atoms with Gasteiger partial charge in [-0.25, -0.2) is 9.18 Å². The Labute approximate surface area is 171 Å². The van der Waals surface area contributed by atoms with Crippen LogP contribution in [0, 0.1) is 5.82 Å². The number of nitrogens with one attached hydrogen (secondary N) is 1. The van der Waals surface area contributed by atoms with Gasteiger partial charge in [0, 0.05) is 18.1 Å². The third-order valence-corrected chi connectivity index (χ3v) is 4.39. The smallest absolute Gasteiger partial charge is 0.414 e. The van der Waals surface area contributed by atoms with Gasteiger partial charge in [-0.05, 0) is 35.9 Å². The van der Waals surface area contributed by atoms with Crippen LogP contribution >= 0.6 is 0 Å². The largest absolute Gasteiger partial charge is 0.442 e. The van der Waals surface area contributed by atoms with Crippen LogP contribution in [-0.2, 0) is 9.53 Å². The summed E-state index contributed by atoms with van der Waals surface area (Å²) in [5, 5.41) is 2.58. The van der Waals surface area contributed by atoms with Crippen molar-refractivity contribution in [2.24, 2.45) is 16.5 Å². The summed E-state index contributed by atoms with van der Waals surface area (Å²) in [5.41, 5.74) is 11.8. The molecule has 0 aromatic heterocycles. The molecule has 5 N–H and O–H groups in total. The van der Waals surface area contributed by atoms with Crippen molar-refractivity contribution >= 4 is 29.6 Å². The number of anilines is 1. The number of hydrogen-bond acceptors (Lipinski definition) is 4. The predicted octanol–water partition coefficient (Wildman–Crippen LogP) is 1.37. The lowest BCUT2D eigenvalue weighted by Crippen LogP contribution is -2.33. The van der Waals surface area contributed by atoms with Crippen LogP contribution in [0.4, 0.5) is 14.9 Å². The molecule has 1 atom stereocenters. The molecule has 1 aliphatic rings. The molecule has 0 saturated carbocycles. The summed E-state index contributed by atoms with van der Waals surface area (Å²) in [4.78, 5) is 39.6. The minimum atomic E-state index is -0.611. The molecule has 2 aromatic rings. The molecule has 3 rings (SSSR count). The van der Waals surface area contributed by atoms with E-state index in [0.29, 0.717) is 16.8 Å². The van der Waals surface area contributed by atoms with Gasteiger partial charge in [0.1, 0.15) is 11.9 Å². The van der Waals surface area contributed by atoms with Gasteiger partial charge in [0.15, 0.2) is 5.96 Å². The van der Waals surface area contributed by atoms with E-state index in [0.717, 1.165) is 0 Å². The second-order valence-corrected chi connectivity index (χ2v) is 6.64. The zero-order chi connectivity index (χ0) is 21.8. The summed E-state index contributed by atoms with van der Waals surface area (Å²) >= 11 is 0. The Balaban J connectivity index is 1.76. The van der Waals surface area contributed by atoms with Crippen molar-refractivity contribution < 1.29 is 23.5 Å². The Bertz CT molecular complexity index is 1020. The topological polar surface area (TPSA) is 140 Å². The van der Waals surface area contributed by atoms with Gasteiger partial charge in [-0.1, -0.05) is 12.1 Å². The summed E-state index contributed by atoms with van der Waals surface area (Å²) in [5.74, 6) is -1.72. The van der Waals surface area contributed by atoms with E-state index in [9.17, 15) is 18.8 Å². The number of carbonyl (C=O) groups excluding carboxylic acids is 3. The van der Waals surface area contributed by atoms with Gasteiger partial charge in [0.25, 0.3) is 5.91 Å². The molecule has 0 bridgehead atoms. The maximum Gasteiger partial charge on any atom is 0.414 e. The minimum absolute atomic E-state index is 0.184. The highest BCUT2D eigenvalue weighted by molar-refractivity contribution is 6.02. The molecule has 1 heterocycles. The van der Waals surface area contributed by atoms with Crippen molar-refractivity contribution in [1.82, 2.24) is 5.32 Å². The first kappa shape index (κ1) is 20.8. The molecule has 0 spiro atoms. The number of amides is 3. The maximum atomic E-state index is 14.7. The molecule has 1 aliphatic heterocycles. The molecule has 10 heteroatoms. The normalized spacial score (nSPS) is 15.5. The summed E-state index contributed by atoms with van der Waals surface area (Å²) in [7, 11) is 0. The zero-order valence-electron chi connectivity index (χ0n) is 16.1. The molecule has 1 fully saturated rings. The Morgan fingerprint density at radius 3 is 2.53 bits per heavy atom. The second kappa shape index (κ2) is 8.60. The molecule has 1 unspecified atom stereocenters. The van der Waals surface area contributed by atoms with Crippen molar-refractivity contribution in [3.05, 3.63) is 53.8 Å². The Kier molecular flexibility index (Phi) is 5.95. The number of aliphatic imine (C=N–C) groups is 1. The number of rotatable bonds is 5. The average Bonchev–Trinajstić information content (AvgIpc) is 3.06. The fourth-order valence-corrected chi connectivity index (χ4v) is 2.98. The van der Waals surface area contributed by atoms with E-state index >= 15 is 0 Å². The molecule has 1 saturated heterocycles. The summed E-state index contributed by atoms with van der Waals surface area (Å²) in [6.07, 6.45) is -1.13. The van der Waals surface area contributed by atoms with Crippen LogP contribution in [0.1, 0.15) is 17.3 Å². The molecular weight excluding hydrogens is 393 g/mol. The van der Waals surface area contributed by atoms with E-state index in [1.165, 1.54) is 36.1 Å². The molecule has 0 aliphatic carbocycles. The number of carbonyl (C=O) groups is 3. The third-order valence-electron chi connectivity index (χ3n) is 4.39. The van der Waals surface area contributed by atoms with Crippen LogP contribution in [0.15, 0.2) is 47.5 Å².